The molecule has 1 aliphatic rings. The first kappa shape index (κ1) is 15.6. The lowest BCUT2D eigenvalue weighted by molar-refractivity contribution is -0.141. The number of carboxylic acids is 1. The molecule has 7 heteroatoms. The Labute approximate surface area is 126 Å². The first-order valence-electron chi connectivity index (χ1n) is 6.53. The monoisotopic (exact) mass is 312 g/mol. The van der Waals surface area contributed by atoms with Crippen LogP contribution in [0, 0.1) is 0 Å². The van der Waals surface area contributed by atoms with Gasteiger partial charge in [-0.2, -0.15) is 11.8 Å². The number of urea groups is 1. The average molecular weight is 312 g/mol. The second-order valence-electron chi connectivity index (χ2n) is 4.90. The molecular formula is C14H17FN2O3S. The minimum Gasteiger partial charge on any atom is -0.480 e. The van der Waals surface area contributed by atoms with E-state index in [1.165, 1.54) is 0 Å². The number of benzene rings is 1. The number of rotatable bonds is 4. The normalized spacial score (nSPS) is 21.3. The zero-order valence-electron chi connectivity index (χ0n) is 11.6. The van der Waals surface area contributed by atoms with Crippen molar-refractivity contribution in [1.82, 2.24) is 4.90 Å². The molecule has 1 heterocycles. The van der Waals surface area contributed by atoms with Crippen LogP contribution in [-0.2, 0) is 10.5 Å². The summed E-state index contributed by atoms with van der Waals surface area (Å²) in [5.74, 6) is -0.362. The van der Waals surface area contributed by atoms with Gasteiger partial charge in [-0.1, -0.05) is 12.1 Å². The van der Waals surface area contributed by atoms with Crippen LogP contribution in [0.4, 0.5) is 14.9 Å². The number of alkyl halides is 1. The van der Waals surface area contributed by atoms with Gasteiger partial charge in [0.1, 0.15) is 12.2 Å². The Hall–Kier alpha value is -1.76. The van der Waals surface area contributed by atoms with Crippen LogP contribution in [-0.4, -0.2) is 47.0 Å². The van der Waals surface area contributed by atoms with E-state index in [2.05, 4.69) is 5.32 Å². The third kappa shape index (κ3) is 3.87. The lowest BCUT2D eigenvalue weighted by Crippen LogP contribution is -2.42. The van der Waals surface area contributed by atoms with Gasteiger partial charge in [0.2, 0.25) is 0 Å². The highest BCUT2D eigenvalue weighted by Crippen LogP contribution is 2.22. The Morgan fingerprint density at radius 1 is 1.52 bits per heavy atom. The number of nitrogens with zero attached hydrogens (tertiary/aromatic N) is 1. The van der Waals surface area contributed by atoms with Crippen molar-refractivity contribution in [1.29, 1.82) is 0 Å². The molecule has 1 aliphatic heterocycles. The standard InChI is InChI=1S/C14H17FN2O3S/c1-21-8-9-3-2-4-11(5-9)16-14(20)17-7-10(15)6-12(17)13(18)19/h2-5,10,12H,6-8H2,1H3,(H,16,20)(H,18,19)/t10-,12-/m0/s1. The van der Waals surface area contributed by atoms with Gasteiger partial charge in [0.15, 0.2) is 0 Å². The Morgan fingerprint density at radius 2 is 2.29 bits per heavy atom. The van der Waals surface area contributed by atoms with Crippen LogP contribution in [0.1, 0.15) is 12.0 Å². The largest absolute Gasteiger partial charge is 0.480 e. The van der Waals surface area contributed by atoms with Crippen LogP contribution < -0.4 is 5.32 Å². The number of amides is 2. The van der Waals surface area contributed by atoms with Crippen molar-refractivity contribution in [2.75, 3.05) is 18.1 Å². The van der Waals surface area contributed by atoms with Crippen molar-refractivity contribution in [2.45, 2.75) is 24.4 Å². The fourth-order valence-electron chi connectivity index (χ4n) is 2.34. The fraction of sp³-hybridized carbons (Fsp3) is 0.429. The van der Waals surface area contributed by atoms with Crippen molar-refractivity contribution < 1.29 is 19.1 Å². The quantitative estimate of drug-likeness (QED) is 0.896. The molecule has 114 valence electrons. The Bertz CT molecular complexity index is 541. The Balaban J connectivity index is 2.07. The molecule has 0 aromatic heterocycles. The smallest absolute Gasteiger partial charge is 0.326 e. The van der Waals surface area contributed by atoms with Gasteiger partial charge in [0.05, 0.1) is 6.54 Å². The Morgan fingerprint density at radius 3 is 2.95 bits per heavy atom. The summed E-state index contributed by atoms with van der Waals surface area (Å²) in [5.41, 5.74) is 1.64. The molecule has 2 atom stereocenters. The van der Waals surface area contributed by atoms with E-state index >= 15 is 0 Å². The Kier molecular flexibility index (Phi) is 5.06. The van der Waals surface area contributed by atoms with Crippen LogP contribution in [0.15, 0.2) is 24.3 Å². The van der Waals surface area contributed by atoms with Gasteiger partial charge in [-0.15, -0.1) is 0 Å². The van der Waals surface area contributed by atoms with Gasteiger partial charge in [0.25, 0.3) is 0 Å². The lowest BCUT2D eigenvalue weighted by Gasteiger charge is -2.21. The van der Waals surface area contributed by atoms with Crippen molar-refractivity contribution in [3.8, 4) is 0 Å². The summed E-state index contributed by atoms with van der Waals surface area (Å²) in [4.78, 5) is 24.2. The summed E-state index contributed by atoms with van der Waals surface area (Å²) in [6.45, 7) is -0.187. The van der Waals surface area contributed by atoms with E-state index in [0.29, 0.717) is 5.69 Å². The van der Waals surface area contributed by atoms with Crippen molar-refractivity contribution >= 4 is 29.4 Å². The van der Waals surface area contributed by atoms with Crippen molar-refractivity contribution in [2.24, 2.45) is 0 Å². The van der Waals surface area contributed by atoms with Gasteiger partial charge in [-0.3, -0.25) is 0 Å². The second-order valence-corrected chi connectivity index (χ2v) is 5.77. The molecular weight excluding hydrogens is 295 g/mol. The van der Waals surface area contributed by atoms with E-state index in [1.54, 1.807) is 17.8 Å². The maximum absolute atomic E-state index is 13.4. The van der Waals surface area contributed by atoms with E-state index in [9.17, 15) is 14.0 Å². The number of carbonyl (C=O) groups is 2. The zero-order chi connectivity index (χ0) is 15.4. The first-order valence-corrected chi connectivity index (χ1v) is 7.93. The number of hydrogen-bond donors (Lipinski definition) is 2. The van der Waals surface area contributed by atoms with Crippen LogP contribution in [0.3, 0.4) is 0 Å². The van der Waals surface area contributed by atoms with E-state index in [1.807, 2.05) is 24.5 Å². The summed E-state index contributed by atoms with van der Waals surface area (Å²) in [5, 5.41) is 11.7. The third-order valence-electron chi connectivity index (χ3n) is 3.29. The second kappa shape index (κ2) is 6.80. The maximum atomic E-state index is 13.4. The molecule has 0 bridgehead atoms. The number of carbonyl (C=O) groups excluding carboxylic acids is 1. The minimum absolute atomic E-state index is 0.157. The van der Waals surface area contributed by atoms with Crippen molar-refractivity contribution in [3.63, 3.8) is 0 Å². The van der Waals surface area contributed by atoms with Gasteiger partial charge in [-0.05, 0) is 24.0 Å². The van der Waals surface area contributed by atoms with Gasteiger partial charge < -0.3 is 15.3 Å². The number of anilines is 1. The molecule has 1 fully saturated rings. The van der Waals surface area contributed by atoms with Crippen LogP contribution >= 0.6 is 11.8 Å². The molecule has 1 aromatic carbocycles. The highest BCUT2D eigenvalue weighted by atomic mass is 32.2. The zero-order valence-corrected chi connectivity index (χ0v) is 12.4. The SMILES string of the molecule is CSCc1cccc(NC(=O)N2C[C@@H](F)C[C@H]2C(=O)O)c1. The summed E-state index contributed by atoms with van der Waals surface area (Å²) < 4.78 is 13.4. The van der Waals surface area contributed by atoms with E-state index in [-0.39, 0.29) is 13.0 Å². The molecule has 2 N–H and O–H groups in total. The molecule has 2 amide bonds. The number of carboxylic acid groups (broad SMARTS) is 1. The van der Waals surface area contributed by atoms with Crippen LogP contribution in [0.2, 0.25) is 0 Å². The number of thioether (sulfide) groups is 1. The highest BCUT2D eigenvalue weighted by Gasteiger charge is 2.39. The summed E-state index contributed by atoms with van der Waals surface area (Å²) in [7, 11) is 0. The summed E-state index contributed by atoms with van der Waals surface area (Å²) in [6.07, 6.45) is 0.531. The van der Waals surface area contributed by atoms with Gasteiger partial charge in [0, 0.05) is 17.9 Å². The predicted molar refractivity (Wildman–Crippen MR) is 80.3 cm³/mol. The number of hydrogen-bond acceptors (Lipinski definition) is 3. The molecule has 0 radical (unpaired) electrons. The molecule has 1 saturated heterocycles. The third-order valence-corrected chi connectivity index (χ3v) is 3.91. The number of halogens is 1. The van der Waals surface area contributed by atoms with Gasteiger partial charge >= 0.3 is 12.0 Å². The highest BCUT2D eigenvalue weighted by molar-refractivity contribution is 7.97. The number of nitrogens with one attached hydrogen (secondary N) is 1. The van der Waals surface area contributed by atoms with E-state index in [0.717, 1.165) is 16.2 Å². The lowest BCUT2D eigenvalue weighted by atomic mass is 10.2. The number of likely N-dealkylation sites (tertiary alicyclic amines) is 1. The molecule has 0 spiro atoms. The van der Waals surface area contributed by atoms with E-state index in [4.69, 9.17) is 5.11 Å². The molecule has 0 unspecified atom stereocenters. The summed E-state index contributed by atoms with van der Waals surface area (Å²) in [6, 6.07) is 5.63. The molecule has 0 aliphatic carbocycles. The minimum atomic E-state index is -1.29. The first-order chi connectivity index (χ1) is 10.0. The van der Waals surface area contributed by atoms with E-state index < -0.39 is 24.2 Å². The fourth-order valence-corrected chi connectivity index (χ4v) is 2.86. The molecule has 1 aromatic rings. The maximum Gasteiger partial charge on any atom is 0.326 e. The van der Waals surface area contributed by atoms with Crippen LogP contribution in [0.25, 0.3) is 0 Å². The summed E-state index contributed by atoms with van der Waals surface area (Å²) >= 11 is 1.66. The number of aliphatic carboxylic acids is 1. The predicted octanol–water partition coefficient (Wildman–Crippen LogP) is 2.58. The molecule has 21 heavy (non-hydrogen) atoms. The molecule has 5 nitrogen and oxygen atoms in total. The molecule has 0 saturated carbocycles. The van der Waals surface area contributed by atoms with Crippen molar-refractivity contribution in [3.05, 3.63) is 29.8 Å². The van der Waals surface area contributed by atoms with Gasteiger partial charge in [-0.25, -0.2) is 14.0 Å². The topological polar surface area (TPSA) is 69.6 Å². The average Bonchev–Trinajstić information content (AvgIpc) is 2.82. The molecule has 2 rings (SSSR count). The van der Waals surface area contributed by atoms with Crippen LogP contribution in [0.5, 0.6) is 0 Å².